The SMILES string of the molecule is CCc1cc(Cl)nc(-c2ccc(F)cc2C)n1. The molecule has 0 spiro atoms. The highest BCUT2D eigenvalue weighted by Gasteiger charge is 2.08. The predicted octanol–water partition coefficient (Wildman–Crippen LogP) is 3.81. The quantitative estimate of drug-likeness (QED) is 0.758. The average molecular weight is 251 g/mol. The van der Waals surface area contributed by atoms with Crippen LogP contribution in [-0.4, -0.2) is 9.97 Å². The Hall–Kier alpha value is -1.48. The van der Waals surface area contributed by atoms with Gasteiger partial charge >= 0.3 is 0 Å². The molecule has 1 aromatic carbocycles. The van der Waals surface area contributed by atoms with E-state index in [9.17, 15) is 4.39 Å². The fourth-order valence-electron chi connectivity index (χ4n) is 1.64. The van der Waals surface area contributed by atoms with Gasteiger partial charge in [0.25, 0.3) is 0 Å². The summed E-state index contributed by atoms with van der Waals surface area (Å²) in [7, 11) is 0. The van der Waals surface area contributed by atoms with Gasteiger partial charge in [-0.1, -0.05) is 18.5 Å². The molecule has 2 aromatic rings. The molecule has 0 amide bonds. The van der Waals surface area contributed by atoms with Crippen molar-refractivity contribution >= 4 is 11.6 Å². The van der Waals surface area contributed by atoms with Gasteiger partial charge < -0.3 is 0 Å². The molecule has 1 aromatic heterocycles. The van der Waals surface area contributed by atoms with Gasteiger partial charge in [-0.05, 0) is 43.2 Å². The van der Waals surface area contributed by atoms with E-state index in [1.54, 1.807) is 12.1 Å². The van der Waals surface area contributed by atoms with Crippen LogP contribution in [0, 0.1) is 12.7 Å². The average Bonchev–Trinajstić information content (AvgIpc) is 2.28. The van der Waals surface area contributed by atoms with Crippen molar-refractivity contribution in [2.45, 2.75) is 20.3 Å². The fraction of sp³-hybridized carbons (Fsp3) is 0.231. The van der Waals surface area contributed by atoms with Gasteiger partial charge in [0.15, 0.2) is 5.82 Å². The van der Waals surface area contributed by atoms with Crippen molar-refractivity contribution < 1.29 is 4.39 Å². The van der Waals surface area contributed by atoms with Crippen molar-refractivity contribution in [3.8, 4) is 11.4 Å². The van der Waals surface area contributed by atoms with Crippen LogP contribution in [0.2, 0.25) is 5.15 Å². The normalized spacial score (nSPS) is 10.6. The third kappa shape index (κ3) is 2.61. The molecule has 2 rings (SSSR count). The molecule has 0 saturated carbocycles. The van der Waals surface area contributed by atoms with Crippen molar-refractivity contribution in [1.82, 2.24) is 9.97 Å². The van der Waals surface area contributed by atoms with Crippen LogP contribution in [0.5, 0.6) is 0 Å². The highest BCUT2D eigenvalue weighted by molar-refractivity contribution is 6.29. The van der Waals surface area contributed by atoms with Crippen LogP contribution >= 0.6 is 11.6 Å². The first-order valence-corrected chi connectivity index (χ1v) is 5.78. The smallest absolute Gasteiger partial charge is 0.161 e. The van der Waals surface area contributed by atoms with Crippen LogP contribution < -0.4 is 0 Å². The minimum Gasteiger partial charge on any atom is -0.233 e. The molecule has 0 radical (unpaired) electrons. The van der Waals surface area contributed by atoms with Crippen LogP contribution in [0.1, 0.15) is 18.2 Å². The lowest BCUT2D eigenvalue weighted by Crippen LogP contribution is -1.96. The first-order chi connectivity index (χ1) is 8.10. The molecular weight excluding hydrogens is 239 g/mol. The standard InChI is InChI=1S/C13H12ClFN2/c1-3-10-7-12(14)17-13(16-10)11-5-4-9(15)6-8(11)2/h4-7H,3H2,1-2H3. The zero-order valence-electron chi connectivity index (χ0n) is 9.67. The van der Waals surface area contributed by atoms with E-state index >= 15 is 0 Å². The van der Waals surface area contributed by atoms with Crippen molar-refractivity contribution in [2.24, 2.45) is 0 Å². The molecule has 0 aliphatic rings. The number of hydrogen-bond donors (Lipinski definition) is 0. The summed E-state index contributed by atoms with van der Waals surface area (Å²) in [6.45, 7) is 3.83. The molecule has 0 saturated heterocycles. The summed E-state index contributed by atoms with van der Waals surface area (Å²) in [6.07, 6.45) is 0.787. The number of benzene rings is 1. The maximum atomic E-state index is 13.0. The summed E-state index contributed by atoms with van der Waals surface area (Å²) >= 11 is 5.94. The van der Waals surface area contributed by atoms with Gasteiger partial charge in [-0.3, -0.25) is 0 Å². The number of aromatic nitrogens is 2. The number of hydrogen-bond acceptors (Lipinski definition) is 2. The number of rotatable bonds is 2. The molecule has 2 nitrogen and oxygen atoms in total. The second kappa shape index (κ2) is 4.80. The molecule has 0 unspecified atom stereocenters. The van der Waals surface area contributed by atoms with E-state index in [4.69, 9.17) is 11.6 Å². The third-order valence-electron chi connectivity index (χ3n) is 2.54. The molecule has 0 aliphatic heterocycles. The number of aryl methyl sites for hydroxylation is 2. The van der Waals surface area contributed by atoms with Crippen LogP contribution in [0.25, 0.3) is 11.4 Å². The lowest BCUT2D eigenvalue weighted by molar-refractivity contribution is 0.627. The van der Waals surface area contributed by atoms with Crippen molar-refractivity contribution in [3.63, 3.8) is 0 Å². The highest BCUT2D eigenvalue weighted by atomic mass is 35.5. The Morgan fingerprint density at radius 2 is 2.00 bits per heavy atom. The summed E-state index contributed by atoms with van der Waals surface area (Å²) in [6, 6.07) is 6.28. The van der Waals surface area contributed by atoms with Crippen molar-refractivity contribution in [3.05, 3.63) is 46.5 Å². The van der Waals surface area contributed by atoms with Crippen LogP contribution in [-0.2, 0) is 6.42 Å². The first kappa shape index (κ1) is 12.0. The maximum Gasteiger partial charge on any atom is 0.161 e. The molecule has 17 heavy (non-hydrogen) atoms. The molecule has 0 atom stereocenters. The second-order valence-electron chi connectivity index (χ2n) is 3.82. The number of nitrogens with zero attached hydrogens (tertiary/aromatic N) is 2. The van der Waals surface area contributed by atoms with Gasteiger partial charge in [-0.15, -0.1) is 0 Å². The van der Waals surface area contributed by atoms with Gasteiger partial charge in [0.05, 0.1) is 0 Å². The lowest BCUT2D eigenvalue weighted by Gasteiger charge is -2.06. The first-order valence-electron chi connectivity index (χ1n) is 5.40. The summed E-state index contributed by atoms with van der Waals surface area (Å²) in [4.78, 5) is 8.57. The van der Waals surface area contributed by atoms with E-state index in [1.165, 1.54) is 12.1 Å². The molecular formula is C13H12ClFN2. The van der Waals surface area contributed by atoms with E-state index in [2.05, 4.69) is 9.97 Å². The Balaban J connectivity index is 2.55. The van der Waals surface area contributed by atoms with E-state index < -0.39 is 0 Å². The van der Waals surface area contributed by atoms with Gasteiger partial charge in [-0.25, -0.2) is 14.4 Å². The predicted molar refractivity (Wildman–Crippen MR) is 66.6 cm³/mol. The van der Waals surface area contributed by atoms with Crippen molar-refractivity contribution in [2.75, 3.05) is 0 Å². The number of halogens is 2. The zero-order chi connectivity index (χ0) is 12.4. The van der Waals surface area contributed by atoms with Crippen LogP contribution in [0.15, 0.2) is 24.3 Å². The summed E-state index contributed by atoms with van der Waals surface area (Å²) in [5, 5.41) is 0.413. The van der Waals surface area contributed by atoms with Crippen LogP contribution in [0.3, 0.4) is 0 Å². The summed E-state index contributed by atoms with van der Waals surface area (Å²) in [5.41, 5.74) is 2.49. The molecule has 88 valence electrons. The van der Waals surface area contributed by atoms with Crippen molar-refractivity contribution in [1.29, 1.82) is 0 Å². The van der Waals surface area contributed by atoms with E-state index in [0.717, 1.165) is 23.2 Å². The fourth-order valence-corrected chi connectivity index (χ4v) is 1.85. The van der Waals surface area contributed by atoms with E-state index in [0.29, 0.717) is 11.0 Å². The van der Waals surface area contributed by atoms with E-state index in [-0.39, 0.29) is 5.82 Å². The maximum absolute atomic E-state index is 13.0. The Bertz CT molecular complexity index is 555. The zero-order valence-corrected chi connectivity index (χ0v) is 10.4. The molecule has 0 N–H and O–H groups in total. The summed E-state index contributed by atoms with van der Waals surface area (Å²) < 4.78 is 13.0. The Labute approximate surface area is 104 Å². The van der Waals surface area contributed by atoms with Crippen LogP contribution in [0.4, 0.5) is 4.39 Å². The van der Waals surface area contributed by atoms with Gasteiger partial charge in [0.1, 0.15) is 11.0 Å². The molecule has 0 bridgehead atoms. The van der Waals surface area contributed by atoms with Gasteiger partial charge in [0.2, 0.25) is 0 Å². The molecule has 4 heteroatoms. The Morgan fingerprint density at radius 3 is 2.65 bits per heavy atom. The second-order valence-corrected chi connectivity index (χ2v) is 4.21. The van der Waals surface area contributed by atoms with E-state index in [1.807, 2.05) is 13.8 Å². The third-order valence-corrected chi connectivity index (χ3v) is 2.73. The largest absolute Gasteiger partial charge is 0.233 e. The minimum absolute atomic E-state index is 0.260. The molecule has 0 aliphatic carbocycles. The minimum atomic E-state index is -0.260. The molecule has 1 heterocycles. The Kier molecular flexibility index (Phi) is 3.38. The monoisotopic (exact) mass is 250 g/mol. The topological polar surface area (TPSA) is 25.8 Å². The highest BCUT2D eigenvalue weighted by Crippen LogP contribution is 2.22. The summed E-state index contributed by atoms with van der Waals surface area (Å²) in [5.74, 6) is 0.288. The lowest BCUT2D eigenvalue weighted by atomic mass is 10.1. The van der Waals surface area contributed by atoms with Gasteiger partial charge in [-0.2, -0.15) is 0 Å². The Morgan fingerprint density at radius 1 is 1.24 bits per heavy atom. The van der Waals surface area contributed by atoms with Gasteiger partial charge in [0, 0.05) is 11.3 Å². The molecule has 0 fully saturated rings.